The second kappa shape index (κ2) is 2.31. The zero-order valence-electron chi connectivity index (χ0n) is 5.83. The van der Waals surface area contributed by atoms with E-state index in [4.69, 9.17) is 5.21 Å². The van der Waals surface area contributed by atoms with Crippen LogP contribution in [0.5, 0.6) is 0 Å². The predicted molar refractivity (Wildman–Crippen MR) is 39.9 cm³/mol. The second-order valence-electron chi connectivity index (χ2n) is 2.13. The first kappa shape index (κ1) is 6.80. The van der Waals surface area contributed by atoms with Crippen LogP contribution in [-0.4, -0.2) is 25.1 Å². The number of nitrogens with zero attached hydrogens (tertiary/aromatic N) is 2. The molecule has 0 radical (unpaired) electrons. The van der Waals surface area contributed by atoms with Crippen LogP contribution >= 0.6 is 0 Å². The molecule has 0 aliphatic rings. The van der Waals surface area contributed by atoms with E-state index in [9.17, 15) is 4.79 Å². The summed E-state index contributed by atoms with van der Waals surface area (Å²) in [4.78, 5) is 23.5. The van der Waals surface area contributed by atoms with Gasteiger partial charge in [-0.25, -0.2) is 10.5 Å². The van der Waals surface area contributed by atoms with Gasteiger partial charge >= 0.3 is 0 Å². The van der Waals surface area contributed by atoms with E-state index >= 15 is 0 Å². The van der Waals surface area contributed by atoms with Crippen LogP contribution < -0.4 is 11.0 Å². The molecule has 2 aromatic heterocycles. The van der Waals surface area contributed by atoms with Gasteiger partial charge < -0.3 is 4.98 Å². The van der Waals surface area contributed by atoms with Crippen molar-refractivity contribution in [2.45, 2.75) is 0 Å². The van der Waals surface area contributed by atoms with Gasteiger partial charge in [-0.05, 0) is 0 Å². The lowest BCUT2D eigenvalue weighted by Gasteiger charge is -1.94. The van der Waals surface area contributed by atoms with Gasteiger partial charge in [0.2, 0.25) is 5.95 Å². The van der Waals surface area contributed by atoms with Gasteiger partial charge in [0, 0.05) is 0 Å². The van der Waals surface area contributed by atoms with E-state index in [1.165, 1.54) is 6.33 Å². The van der Waals surface area contributed by atoms with Gasteiger partial charge in [0.1, 0.15) is 0 Å². The highest BCUT2D eigenvalue weighted by atomic mass is 16.5. The Labute approximate surface area is 65.4 Å². The molecule has 0 spiro atoms. The molecule has 0 saturated carbocycles. The van der Waals surface area contributed by atoms with Gasteiger partial charge in [-0.3, -0.25) is 15.0 Å². The van der Waals surface area contributed by atoms with Crippen LogP contribution in [0.3, 0.4) is 0 Å². The first-order valence-electron chi connectivity index (χ1n) is 3.15. The minimum atomic E-state index is -0.381. The summed E-state index contributed by atoms with van der Waals surface area (Å²) < 4.78 is 0. The summed E-state index contributed by atoms with van der Waals surface area (Å²) in [6.07, 6.45) is 1.36. The van der Waals surface area contributed by atoms with Crippen molar-refractivity contribution in [3.05, 3.63) is 16.7 Å². The van der Waals surface area contributed by atoms with E-state index in [0.717, 1.165) is 0 Å². The van der Waals surface area contributed by atoms with Gasteiger partial charge in [0.15, 0.2) is 11.2 Å². The standard InChI is InChI=1S/C5H5N5O2/c11-4-2-3(7-1-6-2)8-5(9-4)10-12/h1,12H,(H3,6,7,8,9,10,11). The smallest absolute Gasteiger partial charge is 0.278 e. The zero-order chi connectivity index (χ0) is 8.55. The van der Waals surface area contributed by atoms with Gasteiger partial charge in [-0.2, -0.15) is 4.98 Å². The van der Waals surface area contributed by atoms with Crippen molar-refractivity contribution in [2.24, 2.45) is 0 Å². The molecule has 7 nitrogen and oxygen atoms in total. The highest BCUT2D eigenvalue weighted by Gasteiger charge is 2.03. The van der Waals surface area contributed by atoms with E-state index in [0.29, 0.717) is 0 Å². The van der Waals surface area contributed by atoms with Gasteiger partial charge in [-0.15, -0.1) is 0 Å². The molecule has 0 unspecified atom stereocenters. The quantitative estimate of drug-likeness (QED) is 0.426. The first-order valence-corrected chi connectivity index (χ1v) is 3.15. The fourth-order valence-corrected chi connectivity index (χ4v) is 0.896. The molecule has 2 aromatic rings. The van der Waals surface area contributed by atoms with Crippen LogP contribution in [0.25, 0.3) is 11.2 Å². The van der Waals surface area contributed by atoms with Crippen LogP contribution in [0.15, 0.2) is 11.1 Å². The van der Waals surface area contributed by atoms with Crippen molar-refractivity contribution in [3.8, 4) is 0 Å². The highest BCUT2D eigenvalue weighted by molar-refractivity contribution is 5.69. The third kappa shape index (κ3) is 0.839. The monoisotopic (exact) mass is 167 g/mol. The van der Waals surface area contributed by atoms with Crippen molar-refractivity contribution in [1.82, 2.24) is 19.9 Å². The van der Waals surface area contributed by atoms with E-state index in [-0.39, 0.29) is 22.7 Å². The molecule has 0 aliphatic carbocycles. The number of aromatic amines is 2. The van der Waals surface area contributed by atoms with E-state index in [1.54, 1.807) is 5.48 Å². The SMILES string of the molecule is O=c1[nH]c(NO)nc2nc[nH]c12. The highest BCUT2D eigenvalue weighted by Crippen LogP contribution is 2.00. The van der Waals surface area contributed by atoms with Crippen molar-refractivity contribution in [3.63, 3.8) is 0 Å². The Kier molecular flexibility index (Phi) is 1.31. The summed E-state index contributed by atoms with van der Waals surface area (Å²) in [7, 11) is 0. The molecule has 0 fully saturated rings. The fraction of sp³-hybridized carbons (Fsp3) is 0. The summed E-state index contributed by atoms with van der Waals surface area (Å²) in [6.45, 7) is 0. The minimum absolute atomic E-state index is 0.0281. The number of hydrogen-bond acceptors (Lipinski definition) is 5. The van der Waals surface area contributed by atoms with Crippen LogP contribution in [0.4, 0.5) is 5.95 Å². The zero-order valence-corrected chi connectivity index (χ0v) is 5.83. The molecule has 0 atom stereocenters. The van der Waals surface area contributed by atoms with E-state index < -0.39 is 0 Å². The summed E-state index contributed by atoms with van der Waals surface area (Å²) in [5, 5.41) is 8.44. The number of hydrogen-bond donors (Lipinski definition) is 4. The number of fused-ring (bicyclic) bond motifs is 1. The lowest BCUT2D eigenvalue weighted by atomic mass is 10.5. The Morgan fingerprint density at radius 2 is 2.42 bits per heavy atom. The molecule has 0 bridgehead atoms. The molecular formula is C5H5N5O2. The lowest BCUT2D eigenvalue weighted by Crippen LogP contribution is -2.11. The van der Waals surface area contributed by atoms with Crippen molar-refractivity contribution in [1.29, 1.82) is 0 Å². The number of nitrogens with one attached hydrogen (secondary N) is 3. The molecule has 62 valence electrons. The number of rotatable bonds is 1. The molecular weight excluding hydrogens is 162 g/mol. The third-order valence-corrected chi connectivity index (χ3v) is 1.40. The number of imidazole rings is 1. The molecule has 0 saturated heterocycles. The Morgan fingerprint density at radius 3 is 3.17 bits per heavy atom. The normalized spacial score (nSPS) is 10.4. The molecule has 0 amide bonds. The largest absolute Gasteiger partial charge is 0.339 e. The van der Waals surface area contributed by atoms with Crippen molar-refractivity contribution in [2.75, 3.05) is 5.48 Å². The average molecular weight is 167 g/mol. The van der Waals surface area contributed by atoms with Crippen molar-refractivity contribution >= 4 is 17.1 Å². The molecule has 0 aromatic carbocycles. The Hall–Kier alpha value is -1.89. The van der Waals surface area contributed by atoms with E-state index in [1.807, 2.05) is 0 Å². The topological polar surface area (TPSA) is 107 Å². The predicted octanol–water partition coefficient (Wildman–Crippen LogP) is -0.553. The number of H-pyrrole nitrogens is 2. The molecule has 12 heavy (non-hydrogen) atoms. The molecule has 4 N–H and O–H groups in total. The Balaban J connectivity index is 2.84. The van der Waals surface area contributed by atoms with Gasteiger partial charge in [-0.1, -0.05) is 0 Å². The Morgan fingerprint density at radius 1 is 1.58 bits per heavy atom. The maximum atomic E-state index is 11.1. The first-order chi connectivity index (χ1) is 5.81. The molecule has 0 aliphatic heterocycles. The summed E-state index contributed by atoms with van der Waals surface area (Å²) >= 11 is 0. The van der Waals surface area contributed by atoms with Crippen molar-refractivity contribution < 1.29 is 5.21 Å². The summed E-state index contributed by atoms with van der Waals surface area (Å²) in [5.74, 6) is -0.0281. The maximum absolute atomic E-state index is 11.1. The number of anilines is 1. The molecule has 2 rings (SSSR count). The third-order valence-electron chi connectivity index (χ3n) is 1.40. The van der Waals surface area contributed by atoms with Crippen LogP contribution in [0, 0.1) is 0 Å². The van der Waals surface area contributed by atoms with Gasteiger partial charge in [0.05, 0.1) is 6.33 Å². The molecule has 7 heteroatoms. The summed E-state index contributed by atoms with van der Waals surface area (Å²) in [5.41, 5.74) is 1.89. The average Bonchev–Trinajstić information content (AvgIpc) is 2.52. The van der Waals surface area contributed by atoms with Crippen LogP contribution in [0.1, 0.15) is 0 Å². The van der Waals surface area contributed by atoms with Crippen LogP contribution in [0.2, 0.25) is 0 Å². The number of aromatic nitrogens is 4. The maximum Gasteiger partial charge on any atom is 0.278 e. The lowest BCUT2D eigenvalue weighted by molar-refractivity contribution is 0.382. The van der Waals surface area contributed by atoms with Crippen LogP contribution in [-0.2, 0) is 0 Å². The van der Waals surface area contributed by atoms with Gasteiger partial charge in [0.25, 0.3) is 5.56 Å². The molecule has 2 heterocycles. The minimum Gasteiger partial charge on any atom is -0.339 e. The fourth-order valence-electron chi connectivity index (χ4n) is 0.896. The second-order valence-corrected chi connectivity index (χ2v) is 2.13. The summed E-state index contributed by atoms with van der Waals surface area (Å²) in [6, 6.07) is 0. The van der Waals surface area contributed by atoms with E-state index in [2.05, 4.69) is 19.9 Å². The Bertz CT molecular complexity index is 458.